The summed E-state index contributed by atoms with van der Waals surface area (Å²) in [6, 6.07) is 5.26. The second kappa shape index (κ2) is 9.35. The molecule has 2 fully saturated rings. The highest BCUT2D eigenvalue weighted by molar-refractivity contribution is 7.88. The largest absolute Gasteiger partial charge is 0.388 e. The van der Waals surface area contributed by atoms with E-state index in [0.29, 0.717) is 5.69 Å². The van der Waals surface area contributed by atoms with Gasteiger partial charge in [-0.25, -0.2) is 21.6 Å². The molecule has 10 nitrogen and oxygen atoms in total. The quantitative estimate of drug-likeness (QED) is 0.404. The van der Waals surface area contributed by atoms with Gasteiger partial charge < -0.3 is 26.0 Å². The van der Waals surface area contributed by atoms with Crippen molar-refractivity contribution in [2.24, 2.45) is 0 Å². The number of aliphatic hydroxyl groups is 1. The molecule has 0 spiro atoms. The van der Waals surface area contributed by atoms with Crippen LogP contribution in [-0.4, -0.2) is 84.8 Å². The van der Waals surface area contributed by atoms with E-state index in [1.807, 2.05) is 0 Å². The highest BCUT2D eigenvalue weighted by Gasteiger charge is 2.36. The van der Waals surface area contributed by atoms with Crippen LogP contribution in [-0.2, 0) is 10.0 Å². The Morgan fingerprint density at radius 1 is 1.24 bits per heavy atom. The molecule has 0 saturated carbocycles. The first-order valence-corrected chi connectivity index (χ1v) is 12.3. The van der Waals surface area contributed by atoms with E-state index >= 15 is 0 Å². The number of aliphatic hydroxyl groups excluding tert-OH is 1. The van der Waals surface area contributed by atoms with Crippen LogP contribution in [0.3, 0.4) is 0 Å². The van der Waals surface area contributed by atoms with E-state index in [0.717, 1.165) is 12.5 Å². The molecule has 1 aromatic carbocycles. The standard InChI is InChI=1S/C20H24F3N7O3S/c1-34(32,33)30-7-13(8-30)26-20-27-18(25-12-4-2-3-11(5-12)17(22)23)14(6-24)19(28-20)29-9-15(21)16(31)10-29/h2-6,13,15-17,24,31H,7-10H2,1H3,(H2,25,26,27,28)/t15-,16-/m1/s1. The molecule has 0 amide bonds. The maximum absolute atomic E-state index is 14.0. The number of halogens is 3. The van der Waals surface area contributed by atoms with Crippen LogP contribution in [0, 0.1) is 5.41 Å². The fourth-order valence-corrected chi connectivity index (χ4v) is 4.68. The molecule has 0 bridgehead atoms. The first-order valence-electron chi connectivity index (χ1n) is 10.4. The SMILES string of the molecule is CS(=O)(=O)N1CC(Nc2nc(Nc3cccc(C(F)F)c3)c(C=N)c(N3C[C@@H](O)[C@H](F)C3)n2)C1. The number of nitrogens with one attached hydrogen (secondary N) is 3. The number of anilines is 4. The minimum Gasteiger partial charge on any atom is -0.388 e. The number of sulfonamides is 1. The molecule has 34 heavy (non-hydrogen) atoms. The van der Waals surface area contributed by atoms with Crippen molar-refractivity contribution in [2.75, 3.05) is 48.0 Å². The lowest BCUT2D eigenvalue weighted by Crippen LogP contribution is -2.56. The van der Waals surface area contributed by atoms with E-state index in [1.54, 1.807) is 6.07 Å². The summed E-state index contributed by atoms with van der Waals surface area (Å²) in [5.74, 6) is 0.381. The minimum absolute atomic E-state index is 0.0515. The van der Waals surface area contributed by atoms with Crippen molar-refractivity contribution in [1.29, 1.82) is 5.41 Å². The molecule has 0 aliphatic carbocycles. The van der Waals surface area contributed by atoms with E-state index in [2.05, 4.69) is 20.6 Å². The topological polar surface area (TPSA) is 135 Å². The zero-order valence-electron chi connectivity index (χ0n) is 18.1. The maximum Gasteiger partial charge on any atom is 0.263 e. The second-order valence-corrected chi connectivity index (χ2v) is 10.2. The van der Waals surface area contributed by atoms with Crippen molar-refractivity contribution in [3.8, 4) is 0 Å². The van der Waals surface area contributed by atoms with Gasteiger partial charge in [-0.3, -0.25) is 0 Å². The van der Waals surface area contributed by atoms with Crippen LogP contribution in [0.2, 0.25) is 0 Å². The van der Waals surface area contributed by atoms with Crippen LogP contribution in [0.25, 0.3) is 0 Å². The van der Waals surface area contributed by atoms with Gasteiger partial charge in [0.1, 0.15) is 23.9 Å². The highest BCUT2D eigenvalue weighted by Crippen LogP contribution is 2.32. The fraction of sp³-hybridized carbons (Fsp3) is 0.450. The van der Waals surface area contributed by atoms with Crippen LogP contribution >= 0.6 is 0 Å². The summed E-state index contributed by atoms with van der Waals surface area (Å²) in [7, 11) is -3.32. The van der Waals surface area contributed by atoms with E-state index in [-0.39, 0.29) is 60.9 Å². The van der Waals surface area contributed by atoms with E-state index in [4.69, 9.17) is 5.41 Å². The number of alkyl halides is 3. The number of benzene rings is 1. The number of β-amino-alcohol motifs (C(OH)–C–C–N with tert-alkyl or cyclic N) is 1. The summed E-state index contributed by atoms with van der Waals surface area (Å²) in [4.78, 5) is 10.2. The number of hydrogen-bond donors (Lipinski definition) is 4. The van der Waals surface area contributed by atoms with Gasteiger partial charge in [-0.05, 0) is 12.1 Å². The lowest BCUT2D eigenvalue weighted by molar-refractivity contribution is 0.118. The van der Waals surface area contributed by atoms with Crippen LogP contribution < -0.4 is 15.5 Å². The van der Waals surface area contributed by atoms with Crippen molar-refractivity contribution in [3.63, 3.8) is 0 Å². The summed E-state index contributed by atoms with van der Waals surface area (Å²) in [6.07, 6.45) is -3.33. The molecular formula is C20H24F3N7O3S. The average Bonchev–Trinajstić information content (AvgIpc) is 3.07. The molecule has 2 aliphatic heterocycles. The summed E-state index contributed by atoms with van der Waals surface area (Å²) in [5.41, 5.74) is 0.279. The molecule has 4 rings (SSSR count). The number of aromatic nitrogens is 2. The third-order valence-corrected chi connectivity index (χ3v) is 6.88. The van der Waals surface area contributed by atoms with Gasteiger partial charge in [0, 0.05) is 37.1 Å². The minimum atomic E-state index is -3.32. The molecule has 2 aromatic rings. The van der Waals surface area contributed by atoms with Crippen molar-refractivity contribution in [3.05, 3.63) is 35.4 Å². The molecular weight excluding hydrogens is 475 g/mol. The lowest BCUT2D eigenvalue weighted by Gasteiger charge is -2.37. The van der Waals surface area contributed by atoms with Crippen molar-refractivity contribution in [1.82, 2.24) is 14.3 Å². The molecule has 2 atom stereocenters. The van der Waals surface area contributed by atoms with Gasteiger partial charge in [0.25, 0.3) is 6.43 Å². The molecule has 1 aromatic heterocycles. The van der Waals surface area contributed by atoms with Gasteiger partial charge in [-0.2, -0.15) is 14.3 Å². The van der Waals surface area contributed by atoms with Crippen molar-refractivity contribution < 1.29 is 26.7 Å². The molecule has 2 aliphatic rings. The van der Waals surface area contributed by atoms with Crippen LogP contribution in [0.15, 0.2) is 24.3 Å². The van der Waals surface area contributed by atoms with E-state index in [9.17, 15) is 26.7 Å². The highest BCUT2D eigenvalue weighted by atomic mass is 32.2. The predicted molar refractivity (Wildman–Crippen MR) is 122 cm³/mol. The Morgan fingerprint density at radius 2 is 1.97 bits per heavy atom. The average molecular weight is 500 g/mol. The van der Waals surface area contributed by atoms with Gasteiger partial charge in [0.2, 0.25) is 16.0 Å². The third kappa shape index (κ3) is 5.08. The van der Waals surface area contributed by atoms with Crippen LogP contribution in [0.1, 0.15) is 17.6 Å². The Balaban J connectivity index is 1.67. The molecule has 3 heterocycles. The normalized spacial score (nSPS) is 21.5. The summed E-state index contributed by atoms with van der Waals surface area (Å²) >= 11 is 0. The van der Waals surface area contributed by atoms with Crippen molar-refractivity contribution in [2.45, 2.75) is 24.7 Å². The number of hydrogen-bond acceptors (Lipinski definition) is 9. The van der Waals surface area contributed by atoms with Gasteiger partial charge in [-0.1, -0.05) is 12.1 Å². The first kappa shape index (κ1) is 24.2. The van der Waals surface area contributed by atoms with Gasteiger partial charge >= 0.3 is 0 Å². The number of rotatable bonds is 8. The molecule has 4 N–H and O–H groups in total. The van der Waals surface area contributed by atoms with Gasteiger partial charge in [0.05, 0.1) is 24.4 Å². The smallest absolute Gasteiger partial charge is 0.263 e. The molecule has 0 unspecified atom stereocenters. The molecule has 0 radical (unpaired) electrons. The van der Waals surface area contributed by atoms with E-state index < -0.39 is 28.7 Å². The lowest BCUT2D eigenvalue weighted by atomic mass is 10.2. The molecule has 2 saturated heterocycles. The predicted octanol–water partition coefficient (Wildman–Crippen LogP) is 1.73. The third-order valence-electron chi connectivity index (χ3n) is 5.64. The van der Waals surface area contributed by atoms with E-state index in [1.165, 1.54) is 27.4 Å². The Hall–Kier alpha value is -2.97. The zero-order valence-corrected chi connectivity index (χ0v) is 18.9. The Kier molecular flexibility index (Phi) is 6.64. The van der Waals surface area contributed by atoms with Crippen molar-refractivity contribution >= 4 is 39.5 Å². The molecule has 14 heteroatoms. The Labute approximate surface area is 194 Å². The maximum atomic E-state index is 14.0. The van der Waals surface area contributed by atoms with Gasteiger partial charge in [0.15, 0.2) is 0 Å². The monoisotopic (exact) mass is 499 g/mol. The Morgan fingerprint density at radius 3 is 2.56 bits per heavy atom. The number of nitrogens with zero attached hydrogens (tertiary/aromatic N) is 4. The zero-order chi connectivity index (χ0) is 24.6. The summed E-state index contributed by atoms with van der Waals surface area (Å²) < 4.78 is 64.8. The fourth-order valence-electron chi connectivity index (χ4n) is 3.78. The molecule has 184 valence electrons. The second-order valence-electron chi connectivity index (χ2n) is 8.24. The van der Waals surface area contributed by atoms with Gasteiger partial charge in [-0.15, -0.1) is 0 Å². The van der Waals surface area contributed by atoms with Crippen LogP contribution in [0.5, 0.6) is 0 Å². The van der Waals surface area contributed by atoms with Crippen LogP contribution in [0.4, 0.5) is 36.4 Å². The first-order chi connectivity index (χ1) is 16.0. The summed E-state index contributed by atoms with van der Waals surface area (Å²) in [5, 5.41) is 23.7. The summed E-state index contributed by atoms with van der Waals surface area (Å²) in [6.45, 7) is 0.212. The Bertz CT molecular complexity index is 1170.